The quantitative estimate of drug-likeness (QED) is 0.428. The number of fused-ring (bicyclic) bond motifs is 1. The van der Waals surface area contributed by atoms with E-state index in [4.69, 9.17) is 4.74 Å². The number of rotatable bonds is 5. The summed E-state index contributed by atoms with van der Waals surface area (Å²) in [5.74, 6) is -0.232. The molecule has 0 bridgehead atoms. The van der Waals surface area contributed by atoms with Gasteiger partial charge in [-0.05, 0) is 55.6 Å². The van der Waals surface area contributed by atoms with Crippen molar-refractivity contribution in [1.29, 1.82) is 0 Å². The van der Waals surface area contributed by atoms with Crippen LogP contribution in [0.1, 0.15) is 5.56 Å². The highest BCUT2D eigenvalue weighted by atomic mass is 32.2. The predicted octanol–water partition coefficient (Wildman–Crippen LogP) is 4.86. The molecule has 2 aromatic carbocycles. The minimum absolute atomic E-state index is 0.0713. The van der Waals surface area contributed by atoms with Gasteiger partial charge in [0.2, 0.25) is 10.0 Å². The Bertz CT molecular complexity index is 1400. The normalized spacial score (nSPS) is 12.3. The van der Waals surface area contributed by atoms with Gasteiger partial charge in [-0.1, -0.05) is 0 Å². The molecule has 6 nitrogen and oxygen atoms in total. The maximum absolute atomic E-state index is 13.6. The molecular formula is C21H15F4N3O3S. The molecule has 1 N–H and O–H groups in total. The predicted molar refractivity (Wildman–Crippen MR) is 108 cm³/mol. The smallest absolute Gasteiger partial charge is 0.416 e. The Kier molecular flexibility index (Phi) is 5.39. The van der Waals surface area contributed by atoms with Crippen LogP contribution < -0.4 is 9.46 Å². The fourth-order valence-corrected chi connectivity index (χ4v) is 3.76. The number of benzene rings is 2. The summed E-state index contributed by atoms with van der Waals surface area (Å²) in [4.78, 5) is 4.25. The lowest BCUT2D eigenvalue weighted by molar-refractivity contribution is -0.137. The van der Waals surface area contributed by atoms with E-state index in [0.717, 1.165) is 24.3 Å². The summed E-state index contributed by atoms with van der Waals surface area (Å²) >= 11 is 0. The third-order valence-corrected chi connectivity index (χ3v) is 6.05. The first-order valence-corrected chi connectivity index (χ1v) is 10.6. The molecule has 4 rings (SSSR count). The van der Waals surface area contributed by atoms with Crippen molar-refractivity contribution >= 4 is 15.7 Å². The van der Waals surface area contributed by atoms with E-state index < -0.39 is 27.6 Å². The van der Waals surface area contributed by atoms with Crippen molar-refractivity contribution in [3.8, 4) is 22.8 Å². The lowest BCUT2D eigenvalue weighted by atomic mass is 10.1. The molecule has 0 aliphatic carbocycles. The second-order valence-corrected chi connectivity index (χ2v) is 8.61. The molecule has 0 saturated heterocycles. The van der Waals surface area contributed by atoms with Crippen molar-refractivity contribution in [3.05, 3.63) is 78.4 Å². The van der Waals surface area contributed by atoms with Gasteiger partial charge in [0.25, 0.3) is 0 Å². The van der Waals surface area contributed by atoms with Gasteiger partial charge >= 0.3 is 6.18 Å². The number of hydrogen-bond donors (Lipinski definition) is 1. The highest BCUT2D eigenvalue weighted by Gasteiger charge is 2.30. The van der Waals surface area contributed by atoms with Crippen LogP contribution in [0.3, 0.4) is 0 Å². The Hall–Kier alpha value is -3.44. The third kappa shape index (κ3) is 4.30. The minimum Gasteiger partial charge on any atom is -0.457 e. The van der Waals surface area contributed by atoms with Crippen LogP contribution in [-0.2, 0) is 16.2 Å². The van der Waals surface area contributed by atoms with Gasteiger partial charge in [-0.2, -0.15) is 13.2 Å². The Morgan fingerprint density at radius 1 is 1.03 bits per heavy atom. The molecule has 0 fully saturated rings. The molecule has 0 aliphatic rings. The topological polar surface area (TPSA) is 72.7 Å². The van der Waals surface area contributed by atoms with Gasteiger partial charge in [0, 0.05) is 24.0 Å². The van der Waals surface area contributed by atoms with Gasteiger partial charge in [-0.3, -0.25) is 0 Å². The van der Waals surface area contributed by atoms with Gasteiger partial charge in [-0.25, -0.2) is 22.5 Å². The summed E-state index contributed by atoms with van der Waals surface area (Å²) in [5, 5.41) is 0. The number of hydrogen-bond acceptors (Lipinski definition) is 4. The summed E-state index contributed by atoms with van der Waals surface area (Å²) in [6.07, 6.45) is -1.48. The summed E-state index contributed by atoms with van der Waals surface area (Å²) in [6.45, 7) is 0. The van der Waals surface area contributed by atoms with Crippen molar-refractivity contribution in [3.63, 3.8) is 0 Å². The van der Waals surface area contributed by atoms with Crippen LogP contribution in [0.25, 0.3) is 16.9 Å². The van der Waals surface area contributed by atoms with Crippen LogP contribution in [-0.4, -0.2) is 24.9 Å². The summed E-state index contributed by atoms with van der Waals surface area (Å²) < 4.78 is 86.0. The standard InChI is InChI=1S/C21H15F4N3O3S/c1-26-32(29,30)16-6-7-19(31-15-4-2-13(3-5-15)21(23,24)25)17(11-16)18-12-28-9-8-14(22)10-20(28)27-18/h2-12,26H,1H3. The number of alkyl halides is 3. The van der Waals surface area contributed by atoms with Crippen molar-refractivity contribution in [2.75, 3.05) is 7.05 Å². The first-order chi connectivity index (χ1) is 15.1. The van der Waals surface area contributed by atoms with E-state index in [1.807, 2.05) is 0 Å². The van der Waals surface area contributed by atoms with Gasteiger partial charge < -0.3 is 9.14 Å². The highest BCUT2D eigenvalue weighted by molar-refractivity contribution is 7.89. The van der Waals surface area contributed by atoms with Crippen LogP contribution in [0.5, 0.6) is 11.5 Å². The average Bonchev–Trinajstić information content (AvgIpc) is 3.16. The number of halogens is 4. The summed E-state index contributed by atoms with van der Waals surface area (Å²) in [6, 6.07) is 10.5. The van der Waals surface area contributed by atoms with Crippen LogP contribution in [0.15, 0.2) is 71.9 Å². The molecule has 0 amide bonds. The number of imidazole rings is 1. The Labute approximate surface area is 180 Å². The molecule has 4 aromatic rings. The van der Waals surface area contributed by atoms with E-state index in [-0.39, 0.29) is 33.3 Å². The molecule has 166 valence electrons. The molecule has 0 spiro atoms. The van der Waals surface area contributed by atoms with Crippen molar-refractivity contribution in [1.82, 2.24) is 14.1 Å². The number of nitrogens with one attached hydrogen (secondary N) is 1. The van der Waals surface area contributed by atoms with Crippen LogP contribution >= 0.6 is 0 Å². The van der Waals surface area contributed by atoms with Gasteiger partial charge in [-0.15, -0.1) is 0 Å². The number of pyridine rings is 1. The van der Waals surface area contributed by atoms with Crippen molar-refractivity contribution in [2.45, 2.75) is 11.1 Å². The highest BCUT2D eigenvalue weighted by Crippen LogP contribution is 2.36. The molecule has 32 heavy (non-hydrogen) atoms. The van der Waals surface area contributed by atoms with Crippen molar-refractivity contribution < 1.29 is 30.7 Å². The lowest BCUT2D eigenvalue weighted by Gasteiger charge is -2.13. The first kappa shape index (κ1) is 21.8. The number of ether oxygens (including phenoxy) is 1. The second-order valence-electron chi connectivity index (χ2n) is 6.73. The monoisotopic (exact) mass is 465 g/mol. The van der Waals surface area contributed by atoms with Gasteiger partial charge in [0.15, 0.2) is 0 Å². The fourth-order valence-electron chi connectivity index (χ4n) is 3.01. The SMILES string of the molecule is CNS(=O)(=O)c1ccc(Oc2ccc(C(F)(F)F)cc2)c(-c2cn3ccc(F)cc3n2)c1. The average molecular weight is 465 g/mol. The van der Waals surface area contributed by atoms with E-state index in [9.17, 15) is 26.0 Å². The third-order valence-electron chi connectivity index (χ3n) is 4.64. The maximum Gasteiger partial charge on any atom is 0.416 e. The molecule has 11 heteroatoms. The maximum atomic E-state index is 13.6. The number of nitrogens with zero attached hydrogens (tertiary/aromatic N) is 2. The Balaban J connectivity index is 1.81. The lowest BCUT2D eigenvalue weighted by Crippen LogP contribution is -2.18. The van der Waals surface area contributed by atoms with E-state index in [2.05, 4.69) is 9.71 Å². The Morgan fingerprint density at radius 2 is 1.75 bits per heavy atom. The van der Waals surface area contributed by atoms with Gasteiger partial charge in [0.1, 0.15) is 23.0 Å². The molecule has 0 unspecified atom stereocenters. The molecule has 0 atom stereocenters. The molecule has 0 saturated carbocycles. The van der Waals surface area contributed by atoms with E-state index in [1.54, 1.807) is 10.6 Å². The van der Waals surface area contributed by atoms with Crippen LogP contribution in [0.4, 0.5) is 17.6 Å². The zero-order chi connectivity index (χ0) is 23.1. The molecule has 0 radical (unpaired) electrons. The van der Waals surface area contributed by atoms with E-state index >= 15 is 0 Å². The zero-order valence-corrected chi connectivity index (χ0v) is 17.2. The molecule has 0 aliphatic heterocycles. The number of sulfonamides is 1. The van der Waals surface area contributed by atoms with Crippen LogP contribution in [0, 0.1) is 5.82 Å². The second kappa shape index (κ2) is 7.92. The van der Waals surface area contributed by atoms with E-state index in [0.29, 0.717) is 0 Å². The fraction of sp³-hybridized carbons (Fsp3) is 0.0952. The first-order valence-electron chi connectivity index (χ1n) is 9.14. The zero-order valence-electron chi connectivity index (χ0n) is 16.4. The van der Waals surface area contributed by atoms with Crippen LogP contribution in [0.2, 0.25) is 0 Å². The van der Waals surface area contributed by atoms with Gasteiger partial charge in [0.05, 0.1) is 16.2 Å². The largest absolute Gasteiger partial charge is 0.457 e. The minimum atomic E-state index is -4.49. The van der Waals surface area contributed by atoms with Crippen molar-refractivity contribution in [2.24, 2.45) is 0 Å². The molecule has 2 heterocycles. The van der Waals surface area contributed by atoms with E-state index in [1.165, 1.54) is 43.6 Å². The summed E-state index contributed by atoms with van der Waals surface area (Å²) in [5.41, 5.74) is -0.0127. The molecule has 2 aromatic heterocycles. The Morgan fingerprint density at radius 3 is 2.41 bits per heavy atom. The summed E-state index contributed by atoms with van der Waals surface area (Å²) in [7, 11) is -2.54. The number of aromatic nitrogens is 2. The molecular weight excluding hydrogens is 450 g/mol.